The summed E-state index contributed by atoms with van der Waals surface area (Å²) in [5.41, 5.74) is 0. The molecular formula is C70H118O6. The van der Waals surface area contributed by atoms with Crippen LogP contribution >= 0.6 is 0 Å². The van der Waals surface area contributed by atoms with Crippen LogP contribution in [-0.4, -0.2) is 37.2 Å². The van der Waals surface area contributed by atoms with Gasteiger partial charge in [-0.05, 0) is 103 Å². The van der Waals surface area contributed by atoms with Gasteiger partial charge in [-0.15, -0.1) is 0 Å². The molecule has 0 fully saturated rings. The van der Waals surface area contributed by atoms with Crippen molar-refractivity contribution >= 4 is 17.9 Å². The molecule has 0 spiro atoms. The predicted octanol–water partition coefficient (Wildman–Crippen LogP) is 21.8. The number of unbranched alkanes of at least 4 members (excludes halogenated alkanes) is 28. The van der Waals surface area contributed by atoms with Gasteiger partial charge in [0, 0.05) is 19.3 Å². The minimum atomic E-state index is -0.780. The molecular weight excluding hydrogens is 937 g/mol. The first-order valence-electron chi connectivity index (χ1n) is 31.9. The van der Waals surface area contributed by atoms with E-state index in [1.807, 2.05) is 0 Å². The molecule has 1 atom stereocenters. The smallest absolute Gasteiger partial charge is 0.306 e. The van der Waals surface area contributed by atoms with E-state index in [0.29, 0.717) is 19.3 Å². The Morgan fingerprint density at radius 2 is 0.539 bits per heavy atom. The Morgan fingerprint density at radius 3 is 0.868 bits per heavy atom. The maximum Gasteiger partial charge on any atom is 0.306 e. The first-order valence-corrected chi connectivity index (χ1v) is 31.9. The topological polar surface area (TPSA) is 78.9 Å². The lowest BCUT2D eigenvalue weighted by Gasteiger charge is -2.18. The van der Waals surface area contributed by atoms with Gasteiger partial charge >= 0.3 is 17.9 Å². The summed E-state index contributed by atoms with van der Waals surface area (Å²) in [7, 11) is 0. The van der Waals surface area contributed by atoms with E-state index in [2.05, 4.69) is 130 Å². The zero-order valence-electron chi connectivity index (χ0n) is 49.7. The maximum atomic E-state index is 12.8. The molecule has 434 valence electrons. The van der Waals surface area contributed by atoms with E-state index in [-0.39, 0.29) is 31.1 Å². The van der Waals surface area contributed by atoms with E-state index < -0.39 is 6.10 Å². The Hall–Kier alpha value is -3.93. The standard InChI is InChI=1S/C70H118O6/c1-4-7-10-13-16-19-22-24-25-26-27-28-29-30-31-32-33-34-35-36-37-38-39-40-41-42-43-44-45-47-48-51-54-57-60-63-69(72)75-66-67(65-74-68(71)62-59-56-53-50-21-18-15-12-9-6-3)76-70(73)64-61-58-55-52-49-46-23-20-17-14-11-8-5-2/h7,10,12,15-16,19,24-25,27-28,30-31,33-34,36-37,39-40,67H,4-6,8-9,11,13-14,17-18,20-23,26,29,32,35,38,41-66H2,1-3H3/b10-7-,15-12-,19-16-,25-24-,28-27-,31-30-,34-33-,37-36-,40-39-. The van der Waals surface area contributed by atoms with Crippen molar-refractivity contribution in [2.75, 3.05) is 13.2 Å². The molecule has 0 bridgehead atoms. The number of hydrogen-bond donors (Lipinski definition) is 0. The van der Waals surface area contributed by atoms with Gasteiger partial charge in [-0.1, -0.05) is 284 Å². The molecule has 0 saturated carbocycles. The van der Waals surface area contributed by atoms with Crippen molar-refractivity contribution in [3.63, 3.8) is 0 Å². The third kappa shape index (κ3) is 60.9. The minimum absolute atomic E-state index is 0.0803. The average molecular weight is 1060 g/mol. The number of esters is 3. The third-order valence-electron chi connectivity index (χ3n) is 13.5. The largest absolute Gasteiger partial charge is 0.462 e. The van der Waals surface area contributed by atoms with Crippen LogP contribution in [0.5, 0.6) is 0 Å². The first kappa shape index (κ1) is 72.1. The third-order valence-corrected chi connectivity index (χ3v) is 13.5. The van der Waals surface area contributed by atoms with Crippen LogP contribution in [0.15, 0.2) is 109 Å². The van der Waals surface area contributed by atoms with Crippen molar-refractivity contribution in [2.24, 2.45) is 0 Å². The van der Waals surface area contributed by atoms with Gasteiger partial charge in [0.1, 0.15) is 13.2 Å². The monoisotopic (exact) mass is 1050 g/mol. The van der Waals surface area contributed by atoms with Crippen LogP contribution < -0.4 is 0 Å². The number of ether oxygens (including phenoxy) is 3. The molecule has 0 amide bonds. The normalized spacial score (nSPS) is 12.8. The molecule has 0 saturated heterocycles. The Morgan fingerprint density at radius 1 is 0.276 bits per heavy atom. The maximum absolute atomic E-state index is 12.8. The number of rotatable bonds is 57. The van der Waals surface area contributed by atoms with Gasteiger partial charge in [0.15, 0.2) is 6.10 Å². The van der Waals surface area contributed by atoms with Gasteiger partial charge in [0.2, 0.25) is 0 Å². The molecule has 0 heterocycles. The van der Waals surface area contributed by atoms with Gasteiger partial charge in [0.25, 0.3) is 0 Å². The fourth-order valence-electron chi connectivity index (χ4n) is 8.76. The van der Waals surface area contributed by atoms with E-state index >= 15 is 0 Å². The summed E-state index contributed by atoms with van der Waals surface area (Å²) in [4.78, 5) is 38.1. The number of allylic oxidation sites excluding steroid dienone is 18. The lowest BCUT2D eigenvalue weighted by Crippen LogP contribution is -2.30. The molecule has 0 N–H and O–H groups in total. The Kier molecular flexibility index (Phi) is 60.3. The summed E-state index contributed by atoms with van der Waals surface area (Å²) >= 11 is 0. The van der Waals surface area contributed by atoms with Gasteiger partial charge < -0.3 is 14.2 Å². The van der Waals surface area contributed by atoms with Gasteiger partial charge in [-0.2, -0.15) is 0 Å². The summed E-state index contributed by atoms with van der Waals surface area (Å²) in [6, 6.07) is 0. The summed E-state index contributed by atoms with van der Waals surface area (Å²) in [5, 5.41) is 0. The van der Waals surface area contributed by atoms with Gasteiger partial charge in [0.05, 0.1) is 0 Å². The second-order valence-electron chi connectivity index (χ2n) is 20.9. The number of carbonyl (C=O) groups is 3. The molecule has 0 radical (unpaired) electrons. The highest BCUT2D eigenvalue weighted by molar-refractivity contribution is 5.71. The predicted molar refractivity (Wildman–Crippen MR) is 330 cm³/mol. The highest BCUT2D eigenvalue weighted by Crippen LogP contribution is 2.16. The molecule has 0 rings (SSSR count). The summed E-state index contributed by atoms with van der Waals surface area (Å²) in [6.07, 6.45) is 86.8. The number of carbonyl (C=O) groups excluding carboxylic acids is 3. The average Bonchev–Trinajstić information content (AvgIpc) is 3.42. The second kappa shape index (κ2) is 63.6. The Bertz CT molecular complexity index is 1540. The van der Waals surface area contributed by atoms with E-state index in [1.165, 1.54) is 135 Å². The van der Waals surface area contributed by atoms with Crippen LogP contribution in [0.25, 0.3) is 0 Å². The summed E-state index contributed by atoms with van der Waals surface area (Å²) in [5.74, 6) is -0.888. The molecule has 0 aliphatic rings. The fourth-order valence-corrected chi connectivity index (χ4v) is 8.76. The molecule has 1 unspecified atom stereocenters. The van der Waals surface area contributed by atoms with E-state index in [0.717, 1.165) is 122 Å². The SMILES string of the molecule is CC/C=C\C/C=C\C/C=C\C/C=C\C/C=C\C/C=C\C/C=C\C/C=C\CCCCCCCCCCCCC(=O)OCC(COC(=O)CCCCCCC/C=C\CCC)OC(=O)CCCCCCCCCCCCCCC. The molecule has 0 aliphatic heterocycles. The van der Waals surface area contributed by atoms with Crippen LogP contribution in [0.4, 0.5) is 0 Å². The highest BCUT2D eigenvalue weighted by Gasteiger charge is 2.19. The Labute approximate surface area is 470 Å². The lowest BCUT2D eigenvalue weighted by atomic mass is 10.0. The van der Waals surface area contributed by atoms with Crippen LogP contribution in [0, 0.1) is 0 Å². The van der Waals surface area contributed by atoms with Crippen molar-refractivity contribution in [3.05, 3.63) is 109 Å². The van der Waals surface area contributed by atoms with E-state index in [4.69, 9.17) is 14.2 Å². The van der Waals surface area contributed by atoms with Crippen LogP contribution in [0.3, 0.4) is 0 Å². The molecule has 6 heteroatoms. The molecule has 0 aromatic rings. The second-order valence-corrected chi connectivity index (χ2v) is 20.9. The Balaban J connectivity index is 4.13. The zero-order valence-corrected chi connectivity index (χ0v) is 49.7. The lowest BCUT2D eigenvalue weighted by molar-refractivity contribution is -0.167. The van der Waals surface area contributed by atoms with Crippen LogP contribution in [-0.2, 0) is 28.6 Å². The highest BCUT2D eigenvalue weighted by atomic mass is 16.6. The van der Waals surface area contributed by atoms with E-state index in [1.54, 1.807) is 0 Å². The summed E-state index contributed by atoms with van der Waals surface area (Å²) < 4.78 is 16.8. The zero-order chi connectivity index (χ0) is 55.0. The van der Waals surface area contributed by atoms with Crippen molar-refractivity contribution in [2.45, 2.75) is 303 Å². The quantitative estimate of drug-likeness (QED) is 0.0261. The molecule has 6 nitrogen and oxygen atoms in total. The van der Waals surface area contributed by atoms with Gasteiger partial charge in [-0.3, -0.25) is 14.4 Å². The van der Waals surface area contributed by atoms with Crippen LogP contribution in [0.1, 0.15) is 297 Å². The van der Waals surface area contributed by atoms with Crippen LogP contribution in [0.2, 0.25) is 0 Å². The molecule has 0 aromatic heterocycles. The molecule has 0 aliphatic carbocycles. The fraction of sp³-hybridized carbons (Fsp3) is 0.700. The summed E-state index contributed by atoms with van der Waals surface area (Å²) in [6.45, 7) is 6.46. The van der Waals surface area contributed by atoms with Crippen molar-refractivity contribution in [1.29, 1.82) is 0 Å². The van der Waals surface area contributed by atoms with E-state index in [9.17, 15) is 14.4 Å². The van der Waals surface area contributed by atoms with Crippen molar-refractivity contribution in [3.8, 4) is 0 Å². The number of hydrogen-bond acceptors (Lipinski definition) is 6. The first-order chi connectivity index (χ1) is 37.5. The minimum Gasteiger partial charge on any atom is -0.462 e. The molecule has 0 aromatic carbocycles. The van der Waals surface area contributed by atoms with Gasteiger partial charge in [-0.25, -0.2) is 0 Å². The molecule has 76 heavy (non-hydrogen) atoms. The van der Waals surface area contributed by atoms with Crippen molar-refractivity contribution in [1.82, 2.24) is 0 Å². The van der Waals surface area contributed by atoms with Crippen molar-refractivity contribution < 1.29 is 28.6 Å².